The van der Waals surface area contributed by atoms with Crippen molar-refractivity contribution in [1.82, 2.24) is 9.71 Å². The van der Waals surface area contributed by atoms with Crippen LogP contribution in [0.3, 0.4) is 0 Å². The molecule has 1 aromatic carbocycles. The molecule has 7 heteroatoms. The van der Waals surface area contributed by atoms with Gasteiger partial charge in [0, 0.05) is 18.3 Å². The van der Waals surface area contributed by atoms with Gasteiger partial charge in [-0.3, -0.25) is 4.79 Å². The second-order valence-corrected chi connectivity index (χ2v) is 7.72. The van der Waals surface area contributed by atoms with Crippen LogP contribution in [0.15, 0.2) is 53.6 Å². The molecule has 2 aromatic rings. The molecule has 1 aromatic heterocycles. The van der Waals surface area contributed by atoms with Crippen molar-refractivity contribution >= 4 is 27.8 Å². The number of aryl methyl sites for hydroxylation is 1. The highest BCUT2D eigenvalue weighted by Crippen LogP contribution is 2.22. The molecule has 1 saturated carbocycles. The first-order chi connectivity index (χ1) is 11.9. The van der Waals surface area contributed by atoms with Gasteiger partial charge in [-0.05, 0) is 55.2 Å². The first kappa shape index (κ1) is 17.3. The molecule has 1 fully saturated rings. The average molecular weight is 357 g/mol. The second kappa shape index (κ2) is 7.16. The summed E-state index contributed by atoms with van der Waals surface area (Å²) in [7, 11) is -3.45. The van der Waals surface area contributed by atoms with Crippen LogP contribution in [0.25, 0.3) is 6.08 Å². The second-order valence-electron chi connectivity index (χ2n) is 6.01. The summed E-state index contributed by atoms with van der Waals surface area (Å²) in [5.74, 6) is 0.177. The third-order valence-corrected chi connectivity index (χ3v) is 5.22. The molecular weight excluding hydrogens is 338 g/mol. The lowest BCUT2D eigenvalue weighted by atomic mass is 10.2. The number of sulfonamides is 1. The maximum atomic E-state index is 12.1. The molecule has 2 N–H and O–H groups in total. The third-order valence-electron chi connectivity index (χ3n) is 3.68. The Bertz CT molecular complexity index is 884. The maximum Gasteiger partial charge on any atom is 0.249 e. The van der Waals surface area contributed by atoms with Gasteiger partial charge in [-0.25, -0.2) is 18.1 Å². The lowest BCUT2D eigenvalue weighted by Gasteiger charge is -2.05. The number of nitrogens with one attached hydrogen (secondary N) is 2. The fourth-order valence-electron chi connectivity index (χ4n) is 2.13. The van der Waals surface area contributed by atoms with Gasteiger partial charge in [0.25, 0.3) is 0 Å². The van der Waals surface area contributed by atoms with Crippen molar-refractivity contribution in [2.24, 2.45) is 0 Å². The lowest BCUT2D eigenvalue weighted by molar-refractivity contribution is -0.111. The average Bonchev–Trinajstić information content (AvgIpc) is 3.39. The molecule has 0 atom stereocenters. The first-order valence-electron chi connectivity index (χ1n) is 7.96. The summed E-state index contributed by atoms with van der Waals surface area (Å²) in [6, 6.07) is 10.1. The number of aromatic nitrogens is 1. The summed E-state index contributed by atoms with van der Waals surface area (Å²) < 4.78 is 26.8. The molecule has 6 nitrogen and oxygen atoms in total. The number of nitrogens with zero attached hydrogens (tertiary/aromatic N) is 1. The van der Waals surface area contributed by atoms with E-state index in [1.165, 1.54) is 18.2 Å². The molecule has 3 rings (SSSR count). The van der Waals surface area contributed by atoms with E-state index in [-0.39, 0.29) is 16.8 Å². The van der Waals surface area contributed by atoms with E-state index in [0.29, 0.717) is 5.82 Å². The van der Waals surface area contributed by atoms with E-state index >= 15 is 0 Å². The normalized spacial score (nSPS) is 14.6. The number of benzene rings is 1. The predicted octanol–water partition coefficient (Wildman–Crippen LogP) is 2.48. The smallest absolute Gasteiger partial charge is 0.249 e. The molecule has 1 amide bonds. The standard InChI is InChI=1S/C18H19N3O3S/c1-13-2-10-17(19-12-13)20-18(22)11-5-14-3-8-16(9-4-14)25(23,24)21-15-6-7-15/h2-5,8-12,15,21H,6-7H2,1H3,(H,19,20,22)/b11-5-. The van der Waals surface area contributed by atoms with Gasteiger partial charge in [-0.15, -0.1) is 0 Å². The number of carbonyl (C=O) groups excluding carboxylic acids is 1. The summed E-state index contributed by atoms with van der Waals surface area (Å²) >= 11 is 0. The Morgan fingerprint density at radius 2 is 1.88 bits per heavy atom. The number of hydrogen-bond donors (Lipinski definition) is 2. The Kier molecular flexibility index (Phi) is 4.96. The van der Waals surface area contributed by atoms with E-state index in [4.69, 9.17) is 0 Å². The molecule has 0 radical (unpaired) electrons. The van der Waals surface area contributed by atoms with Crippen LogP contribution in [0.2, 0.25) is 0 Å². The van der Waals surface area contributed by atoms with Crippen LogP contribution in [0.1, 0.15) is 24.0 Å². The Morgan fingerprint density at radius 1 is 1.16 bits per heavy atom. The molecular formula is C18H19N3O3S. The number of amides is 1. The number of hydrogen-bond acceptors (Lipinski definition) is 4. The SMILES string of the molecule is Cc1ccc(NC(=O)/C=C\c2ccc(S(=O)(=O)NC3CC3)cc2)nc1. The van der Waals surface area contributed by atoms with Crippen LogP contribution in [0.4, 0.5) is 5.82 Å². The zero-order chi connectivity index (χ0) is 17.9. The number of rotatable bonds is 6. The van der Waals surface area contributed by atoms with Crippen molar-refractivity contribution in [2.45, 2.75) is 30.7 Å². The highest BCUT2D eigenvalue weighted by molar-refractivity contribution is 7.89. The predicted molar refractivity (Wildman–Crippen MR) is 96.4 cm³/mol. The summed E-state index contributed by atoms with van der Waals surface area (Å²) in [5, 5.41) is 2.66. The van der Waals surface area contributed by atoms with Gasteiger partial charge >= 0.3 is 0 Å². The molecule has 25 heavy (non-hydrogen) atoms. The van der Waals surface area contributed by atoms with Crippen molar-refractivity contribution in [1.29, 1.82) is 0 Å². The zero-order valence-electron chi connectivity index (χ0n) is 13.8. The van der Waals surface area contributed by atoms with Crippen molar-refractivity contribution in [3.05, 3.63) is 59.8 Å². The van der Waals surface area contributed by atoms with E-state index in [2.05, 4.69) is 15.0 Å². The van der Waals surface area contributed by atoms with E-state index < -0.39 is 10.0 Å². The first-order valence-corrected chi connectivity index (χ1v) is 9.45. The quantitative estimate of drug-likeness (QED) is 0.778. The molecule has 1 aliphatic carbocycles. The number of anilines is 1. The Hall–Kier alpha value is -2.51. The zero-order valence-corrected chi connectivity index (χ0v) is 14.6. The molecule has 0 aliphatic heterocycles. The van der Waals surface area contributed by atoms with Crippen LogP contribution >= 0.6 is 0 Å². The van der Waals surface area contributed by atoms with Crippen LogP contribution in [-0.2, 0) is 14.8 Å². The van der Waals surface area contributed by atoms with Crippen LogP contribution in [0.5, 0.6) is 0 Å². The number of pyridine rings is 1. The molecule has 0 saturated heterocycles. The van der Waals surface area contributed by atoms with Crippen LogP contribution in [-0.4, -0.2) is 25.4 Å². The van der Waals surface area contributed by atoms with Crippen molar-refractivity contribution in [3.63, 3.8) is 0 Å². The molecule has 0 bridgehead atoms. The van der Waals surface area contributed by atoms with Crippen molar-refractivity contribution in [3.8, 4) is 0 Å². The van der Waals surface area contributed by atoms with Gasteiger partial charge in [0.2, 0.25) is 15.9 Å². The van der Waals surface area contributed by atoms with E-state index in [0.717, 1.165) is 24.0 Å². The molecule has 1 aliphatic rings. The molecule has 0 spiro atoms. The number of carbonyl (C=O) groups is 1. The van der Waals surface area contributed by atoms with Gasteiger partial charge in [0.05, 0.1) is 4.90 Å². The van der Waals surface area contributed by atoms with Crippen LogP contribution in [0, 0.1) is 6.92 Å². The largest absolute Gasteiger partial charge is 0.307 e. The summed E-state index contributed by atoms with van der Waals surface area (Å²) in [4.78, 5) is 16.2. The minimum absolute atomic E-state index is 0.0728. The van der Waals surface area contributed by atoms with Gasteiger partial charge in [0.1, 0.15) is 5.82 Å². The summed E-state index contributed by atoms with van der Waals surface area (Å²) in [6.45, 7) is 1.92. The molecule has 0 unspecified atom stereocenters. The third kappa shape index (κ3) is 4.98. The fourth-order valence-corrected chi connectivity index (χ4v) is 3.43. The lowest BCUT2D eigenvalue weighted by Crippen LogP contribution is -2.25. The Balaban J connectivity index is 1.61. The topological polar surface area (TPSA) is 88.2 Å². The monoisotopic (exact) mass is 357 g/mol. The maximum absolute atomic E-state index is 12.1. The Labute approximate surface area is 147 Å². The molecule has 1 heterocycles. The highest BCUT2D eigenvalue weighted by atomic mass is 32.2. The van der Waals surface area contributed by atoms with E-state index in [1.54, 1.807) is 30.5 Å². The van der Waals surface area contributed by atoms with Gasteiger partial charge in [0.15, 0.2) is 0 Å². The van der Waals surface area contributed by atoms with Gasteiger partial charge in [-0.2, -0.15) is 0 Å². The van der Waals surface area contributed by atoms with E-state index in [1.807, 2.05) is 13.0 Å². The van der Waals surface area contributed by atoms with Gasteiger partial charge in [-0.1, -0.05) is 18.2 Å². The summed E-state index contributed by atoms with van der Waals surface area (Å²) in [5.41, 5.74) is 1.75. The Morgan fingerprint density at radius 3 is 2.48 bits per heavy atom. The van der Waals surface area contributed by atoms with Crippen molar-refractivity contribution < 1.29 is 13.2 Å². The molecule has 130 valence electrons. The van der Waals surface area contributed by atoms with Crippen molar-refractivity contribution in [2.75, 3.05) is 5.32 Å². The van der Waals surface area contributed by atoms with E-state index in [9.17, 15) is 13.2 Å². The minimum atomic E-state index is -3.45. The fraction of sp³-hybridized carbons (Fsp3) is 0.222. The van der Waals surface area contributed by atoms with Gasteiger partial charge < -0.3 is 5.32 Å². The highest BCUT2D eigenvalue weighted by Gasteiger charge is 2.27. The minimum Gasteiger partial charge on any atom is -0.307 e. The van der Waals surface area contributed by atoms with Crippen LogP contribution < -0.4 is 10.0 Å². The summed E-state index contributed by atoms with van der Waals surface area (Å²) in [6.07, 6.45) is 6.46.